The minimum absolute atomic E-state index is 0.107. The Morgan fingerprint density at radius 1 is 1.19 bits per heavy atom. The number of oxazole rings is 1. The monoisotopic (exact) mass is 354 g/mol. The Balaban J connectivity index is 1.79. The van der Waals surface area contributed by atoms with Crippen LogP contribution in [0.1, 0.15) is 21.7 Å². The van der Waals surface area contributed by atoms with E-state index in [9.17, 15) is 20.0 Å². The fraction of sp³-hybridized carbons (Fsp3) is 0.111. The highest BCUT2D eigenvalue weighted by Gasteiger charge is 2.17. The minimum atomic E-state index is -0.773. The number of carbonyl (C=O) groups excluding carboxylic acids is 1. The maximum Gasteiger partial charge on any atom is 0.381 e. The molecule has 0 radical (unpaired) electrons. The van der Waals surface area contributed by atoms with Crippen molar-refractivity contribution in [3.8, 4) is 23.0 Å². The van der Waals surface area contributed by atoms with Crippen LogP contribution in [0, 0.1) is 24.0 Å². The van der Waals surface area contributed by atoms with E-state index in [2.05, 4.69) is 4.98 Å². The zero-order valence-electron chi connectivity index (χ0n) is 13.9. The second-order valence-corrected chi connectivity index (χ2v) is 5.63. The number of nitro groups is 1. The molecule has 0 spiro atoms. The largest absolute Gasteiger partial charge is 0.507 e. The number of nitro benzene ring substituents is 1. The predicted molar refractivity (Wildman–Crippen MR) is 91.1 cm³/mol. The number of hydrogen-bond donors (Lipinski definition) is 1. The van der Waals surface area contributed by atoms with Crippen LogP contribution in [-0.2, 0) is 0 Å². The standard InChI is InChI=1S/C18H14N2O6/c1-10-7-12(8-11(2)16(10)21)17-19-9-15(26-17)18(22)25-14-5-3-13(4-6-14)20(23)24/h3-9,21H,1-2H3. The number of aryl methyl sites for hydroxylation is 2. The highest BCUT2D eigenvalue weighted by Crippen LogP contribution is 2.29. The van der Waals surface area contributed by atoms with E-state index in [0.29, 0.717) is 16.7 Å². The van der Waals surface area contributed by atoms with E-state index in [1.807, 2.05) is 0 Å². The van der Waals surface area contributed by atoms with Crippen LogP contribution in [0.4, 0.5) is 5.69 Å². The van der Waals surface area contributed by atoms with E-state index >= 15 is 0 Å². The third-order valence-corrected chi connectivity index (χ3v) is 3.70. The molecule has 0 saturated carbocycles. The molecule has 1 aromatic heterocycles. The first-order valence-electron chi connectivity index (χ1n) is 7.58. The van der Waals surface area contributed by atoms with Crippen LogP contribution in [0.2, 0.25) is 0 Å². The fourth-order valence-electron chi connectivity index (χ4n) is 2.37. The zero-order valence-corrected chi connectivity index (χ0v) is 13.9. The lowest BCUT2D eigenvalue weighted by atomic mass is 10.1. The average molecular weight is 354 g/mol. The molecule has 8 heteroatoms. The van der Waals surface area contributed by atoms with Gasteiger partial charge in [-0.25, -0.2) is 9.78 Å². The van der Waals surface area contributed by atoms with Gasteiger partial charge < -0.3 is 14.3 Å². The number of hydrogen-bond acceptors (Lipinski definition) is 7. The topological polar surface area (TPSA) is 116 Å². The van der Waals surface area contributed by atoms with Gasteiger partial charge in [-0.15, -0.1) is 0 Å². The van der Waals surface area contributed by atoms with Crippen LogP contribution in [0.3, 0.4) is 0 Å². The lowest BCUT2D eigenvalue weighted by molar-refractivity contribution is -0.384. The van der Waals surface area contributed by atoms with Gasteiger partial charge >= 0.3 is 5.97 Å². The summed E-state index contributed by atoms with van der Waals surface area (Å²) in [6.45, 7) is 3.50. The normalized spacial score (nSPS) is 10.5. The van der Waals surface area contributed by atoms with Gasteiger partial charge in [0, 0.05) is 17.7 Å². The maximum absolute atomic E-state index is 12.1. The molecule has 2 aromatic carbocycles. The van der Waals surface area contributed by atoms with E-state index in [1.165, 1.54) is 30.5 Å². The number of aromatic hydroxyl groups is 1. The van der Waals surface area contributed by atoms with Crippen LogP contribution in [-0.4, -0.2) is 21.0 Å². The molecule has 1 N–H and O–H groups in total. The summed E-state index contributed by atoms with van der Waals surface area (Å²) in [5, 5.41) is 20.4. The molecule has 0 amide bonds. The van der Waals surface area contributed by atoms with Crippen molar-refractivity contribution in [2.75, 3.05) is 0 Å². The van der Waals surface area contributed by atoms with Crippen LogP contribution < -0.4 is 4.74 Å². The van der Waals surface area contributed by atoms with Gasteiger partial charge in [-0.2, -0.15) is 0 Å². The van der Waals surface area contributed by atoms with Crippen molar-refractivity contribution in [1.29, 1.82) is 0 Å². The summed E-state index contributed by atoms with van der Waals surface area (Å²) in [4.78, 5) is 26.3. The molecular weight excluding hydrogens is 340 g/mol. The molecule has 3 rings (SSSR count). The molecule has 0 fully saturated rings. The first-order valence-corrected chi connectivity index (χ1v) is 7.58. The number of esters is 1. The van der Waals surface area contributed by atoms with Crippen LogP contribution in [0.5, 0.6) is 11.5 Å². The van der Waals surface area contributed by atoms with Crippen molar-refractivity contribution in [2.45, 2.75) is 13.8 Å². The van der Waals surface area contributed by atoms with Gasteiger partial charge in [0.05, 0.1) is 11.1 Å². The van der Waals surface area contributed by atoms with Crippen LogP contribution in [0.15, 0.2) is 47.0 Å². The molecule has 3 aromatic rings. The van der Waals surface area contributed by atoms with Gasteiger partial charge in [0.15, 0.2) is 0 Å². The zero-order chi connectivity index (χ0) is 18.8. The summed E-state index contributed by atoms with van der Waals surface area (Å²) in [5.41, 5.74) is 1.83. The van der Waals surface area contributed by atoms with Gasteiger partial charge in [-0.05, 0) is 49.2 Å². The van der Waals surface area contributed by atoms with Crippen LogP contribution in [0.25, 0.3) is 11.5 Å². The molecule has 0 saturated heterocycles. The molecule has 0 atom stereocenters. The van der Waals surface area contributed by atoms with Crippen molar-refractivity contribution < 1.29 is 24.0 Å². The molecular formula is C18H14N2O6. The Labute approximate surface area is 147 Å². The Kier molecular flexibility index (Phi) is 4.40. The number of non-ortho nitro benzene ring substituents is 1. The van der Waals surface area contributed by atoms with Gasteiger partial charge in [0.1, 0.15) is 11.5 Å². The number of phenolic OH excluding ortho intramolecular Hbond substituents is 1. The minimum Gasteiger partial charge on any atom is -0.507 e. The smallest absolute Gasteiger partial charge is 0.381 e. The van der Waals surface area contributed by atoms with Crippen LogP contribution >= 0.6 is 0 Å². The van der Waals surface area contributed by atoms with Crippen molar-refractivity contribution in [3.63, 3.8) is 0 Å². The number of nitrogens with zero attached hydrogens (tertiary/aromatic N) is 2. The summed E-state index contributed by atoms with van der Waals surface area (Å²) >= 11 is 0. The lowest BCUT2D eigenvalue weighted by Crippen LogP contribution is -2.07. The predicted octanol–water partition coefficient (Wildman–Crippen LogP) is 3.79. The summed E-state index contributed by atoms with van der Waals surface area (Å²) in [6, 6.07) is 8.49. The molecule has 0 aliphatic heterocycles. The highest BCUT2D eigenvalue weighted by atomic mass is 16.6. The van der Waals surface area contributed by atoms with E-state index in [-0.39, 0.29) is 28.8 Å². The third-order valence-electron chi connectivity index (χ3n) is 3.70. The number of rotatable bonds is 4. The van der Waals surface area contributed by atoms with Crippen molar-refractivity contribution in [1.82, 2.24) is 4.98 Å². The van der Waals surface area contributed by atoms with Crippen molar-refractivity contribution >= 4 is 11.7 Å². The Morgan fingerprint density at radius 3 is 2.38 bits per heavy atom. The number of phenols is 1. The Bertz CT molecular complexity index is 968. The first-order chi connectivity index (χ1) is 12.3. The molecule has 0 unspecified atom stereocenters. The second kappa shape index (κ2) is 6.67. The van der Waals surface area contributed by atoms with E-state index in [0.717, 1.165) is 0 Å². The van der Waals surface area contributed by atoms with E-state index in [1.54, 1.807) is 26.0 Å². The summed E-state index contributed by atoms with van der Waals surface area (Å²) in [6.07, 6.45) is 1.24. The Morgan fingerprint density at radius 2 is 1.81 bits per heavy atom. The third kappa shape index (κ3) is 3.39. The molecule has 1 heterocycles. The number of carbonyl (C=O) groups is 1. The maximum atomic E-state index is 12.1. The molecule has 26 heavy (non-hydrogen) atoms. The van der Waals surface area contributed by atoms with Gasteiger partial charge in [-0.1, -0.05) is 0 Å². The van der Waals surface area contributed by atoms with E-state index < -0.39 is 10.9 Å². The molecule has 0 aliphatic carbocycles. The molecule has 8 nitrogen and oxygen atoms in total. The lowest BCUT2D eigenvalue weighted by Gasteiger charge is -2.05. The summed E-state index contributed by atoms with van der Waals surface area (Å²) in [7, 11) is 0. The fourth-order valence-corrected chi connectivity index (χ4v) is 2.37. The van der Waals surface area contributed by atoms with Gasteiger partial charge in [-0.3, -0.25) is 10.1 Å². The van der Waals surface area contributed by atoms with Crippen molar-refractivity contribution in [2.24, 2.45) is 0 Å². The van der Waals surface area contributed by atoms with Gasteiger partial charge in [0.2, 0.25) is 11.7 Å². The molecule has 132 valence electrons. The second-order valence-electron chi connectivity index (χ2n) is 5.63. The number of benzene rings is 2. The molecule has 0 aliphatic rings. The van der Waals surface area contributed by atoms with Gasteiger partial charge in [0.25, 0.3) is 5.69 Å². The Hall–Kier alpha value is -3.68. The molecule has 0 bridgehead atoms. The highest BCUT2D eigenvalue weighted by molar-refractivity contribution is 5.88. The average Bonchev–Trinajstić information content (AvgIpc) is 3.10. The summed E-state index contributed by atoms with van der Waals surface area (Å²) in [5.74, 6) is -0.327. The SMILES string of the molecule is Cc1cc(-c2ncc(C(=O)Oc3ccc([N+](=O)[O-])cc3)o2)cc(C)c1O. The quantitative estimate of drug-likeness (QED) is 0.328. The number of aromatic nitrogens is 1. The van der Waals surface area contributed by atoms with Crippen molar-refractivity contribution in [3.05, 3.63) is 69.6 Å². The number of ether oxygens (including phenoxy) is 1. The van der Waals surface area contributed by atoms with E-state index in [4.69, 9.17) is 9.15 Å². The summed E-state index contributed by atoms with van der Waals surface area (Å²) < 4.78 is 10.6. The first kappa shape index (κ1) is 17.2.